The normalized spacial score (nSPS) is 15.6. The monoisotopic (exact) mass is 337 g/mol. The zero-order chi connectivity index (χ0) is 18.0. The Labute approximate surface area is 147 Å². The number of nitrogens with two attached hydrogens (primary N) is 1. The number of aliphatic imine (C=N–C) groups is 1. The molecule has 0 radical (unpaired) electrons. The second kappa shape index (κ2) is 6.93. The van der Waals surface area contributed by atoms with E-state index in [0.29, 0.717) is 12.4 Å². The first kappa shape index (κ1) is 17.0. The van der Waals surface area contributed by atoms with Crippen molar-refractivity contribution in [2.45, 2.75) is 20.3 Å². The van der Waals surface area contributed by atoms with Crippen LogP contribution in [0.25, 0.3) is 11.1 Å². The van der Waals surface area contributed by atoms with Gasteiger partial charge < -0.3 is 10.6 Å². The minimum absolute atomic E-state index is 0.0682. The molecule has 0 atom stereocenters. The van der Waals surface area contributed by atoms with E-state index in [4.69, 9.17) is 5.73 Å². The lowest BCUT2D eigenvalue weighted by atomic mass is 10.0. The third kappa shape index (κ3) is 3.79. The van der Waals surface area contributed by atoms with Crippen LogP contribution < -0.4 is 5.73 Å². The Morgan fingerprint density at radius 3 is 2.56 bits per heavy atom. The molecule has 1 amide bonds. The number of hydrogen-bond acceptors (Lipinski definition) is 3. The molecule has 1 aromatic heterocycles. The molecular formula is C19H23N5O. The first-order chi connectivity index (χ1) is 11.9. The van der Waals surface area contributed by atoms with Crippen molar-refractivity contribution in [3.63, 3.8) is 0 Å². The minimum Gasteiger partial charge on any atom is -0.383 e. The lowest BCUT2D eigenvalue weighted by Crippen LogP contribution is -2.38. The van der Waals surface area contributed by atoms with E-state index in [-0.39, 0.29) is 5.91 Å². The zero-order valence-corrected chi connectivity index (χ0v) is 14.9. The Hall–Kier alpha value is -2.89. The van der Waals surface area contributed by atoms with Gasteiger partial charge in [-0.05, 0) is 31.0 Å². The predicted molar refractivity (Wildman–Crippen MR) is 99.5 cm³/mol. The Morgan fingerprint density at radius 2 is 1.96 bits per heavy atom. The van der Waals surface area contributed by atoms with E-state index in [1.165, 1.54) is 5.57 Å². The fourth-order valence-electron chi connectivity index (χ4n) is 2.93. The maximum atomic E-state index is 11.6. The van der Waals surface area contributed by atoms with E-state index in [1.54, 1.807) is 16.5 Å². The van der Waals surface area contributed by atoms with Crippen molar-refractivity contribution >= 4 is 17.4 Å². The topological polar surface area (TPSA) is 76.5 Å². The number of carbonyl (C=O) groups is 1. The summed E-state index contributed by atoms with van der Waals surface area (Å²) in [5.74, 6) is 0.552. The average Bonchev–Trinajstić information content (AvgIpc) is 3.02. The van der Waals surface area contributed by atoms with Crippen molar-refractivity contribution in [1.82, 2.24) is 14.7 Å². The first-order valence-corrected chi connectivity index (χ1v) is 8.32. The largest absolute Gasteiger partial charge is 0.383 e. The number of nitrogens with zero attached hydrogens (tertiary/aromatic N) is 4. The van der Waals surface area contributed by atoms with Crippen molar-refractivity contribution in [2.75, 3.05) is 13.1 Å². The van der Waals surface area contributed by atoms with Gasteiger partial charge in [0.15, 0.2) is 0 Å². The van der Waals surface area contributed by atoms with Crippen LogP contribution in [0.15, 0.2) is 52.8 Å². The maximum absolute atomic E-state index is 11.6. The fraction of sp³-hybridized carbons (Fsp3) is 0.316. The molecule has 1 aliphatic heterocycles. The van der Waals surface area contributed by atoms with Crippen LogP contribution in [-0.4, -0.2) is 39.5 Å². The van der Waals surface area contributed by atoms with Crippen molar-refractivity contribution in [2.24, 2.45) is 17.8 Å². The first-order valence-electron chi connectivity index (χ1n) is 8.32. The summed E-state index contributed by atoms with van der Waals surface area (Å²) in [4.78, 5) is 18.0. The van der Waals surface area contributed by atoms with Crippen LogP contribution >= 0.6 is 0 Å². The lowest BCUT2D eigenvalue weighted by Gasteiger charge is -2.28. The molecule has 6 nitrogen and oxygen atoms in total. The van der Waals surface area contributed by atoms with Crippen molar-refractivity contribution in [1.29, 1.82) is 0 Å². The van der Waals surface area contributed by atoms with E-state index in [1.807, 2.05) is 43.7 Å². The number of amides is 1. The Morgan fingerprint density at radius 1 is 1.24 bits per heavy atom. The summed E-state index contributed by atoms with van der Waals surface area (Å²) in [5, 5.41) is 4.19. The number of carbonyl (C=O) groups excluding carboxylic acids is 1. The third-order valence-corrected chi connectivity index (χ3v) is 4.53. The summed E-state index contributed by atoms with van der Waals surface area (Å²) in [6, 6.07) is 7.90. The van der Waals surface area contributed by atoms with Gasteiger partial charge in [0.1, 0.15) is 5.84 Å². The molecule has 3 rings (SSSR count). The van der Waals surface area contributed by atoms with Crippen LogP contribution in [0.1, 0.15) is 20.3 Å². The van der Waals surface area contributed by atoms with Gasteiger partial charge in [0.05, 0.1) is 11.9 Å². The quantitative estimate of drug-likeness (QED) is 0.691. The second-order valence-corrected chi connectivity index (χ2v) is 6.40. The molecule has 0 aliphatic carbocycles. The third-order valence-electron chi connectivity index (χ3n) is 4.53. The van der Waals surface area contributed by atoms with Crippen LogP contribution in [0.2, 0.25) is 0 Å². The van der Waals surface area contributed by atoms with E-state index in [0.717, 1.165) is 35.4 Å². The van der Waals surface area contributed by atoms with Gasteiger partial charge in [-0.3, -0.25) is 9.48 Å². The number of aryl methyl sites for hydroxylation is 1. The van der Waals surface area contributed by atoms with Gasteiger partial charge in [0.25, 0.3) is 0 Å². The standard InChI is InChI=1S/C19H23N5O/c1-13-8-9-24(14(2)25)12-18(13)19(20)22-17-6-4-15(5-7-17)16-10-21-23(3)11-16/h4-7,10-11H,8-9,12H2,1-3H3,(H2,20,22). The van der Waals surface area contributed by atoms with Crippen LogP contribution in [0.4, 0.5) is 5.69 Å². The molecule has 2 aromatic rings. The number of benzene rings is 1. The van der Waals surface area contributed by atoms with Gasteiger partial charge in [-0.25, -0.2) is 4.99 Å². The molecular weight excluding hydrogens is 314 g/mol. The zero-order valence-electron chi connectivity index (χ0n) is 14.9. The summed E-state index contributed by atoms with van der Waals surface area (Å²) in [6.07, 6.45) is 4.64. The van der Waals surface area contributed by atoms with Crippen LogP contribution in [0.3, 0.4) is 0 Å². The predicted octanol–water partition coefficient (Wildman–Crippen LogP) is 2.64. The van der Waals surface area contributed by atoms with Gasteiger partial charge >= 0.3 is 0 Å². The molecule has 0 spiro atoms. The summed E-state index contributed by atoms with van der Waals surface area (Å²) in [7, 11) is 1.90. The molecule has 0 saturated heterocycles. The highest BCUT2D eigenvalue weighted by Gasteiger charge is 2.20. The SMILES string of the molecule is CC(=O)N1CCC(C)=C(C(N)=Nc2ccc(-c3cnn(C)c3)cc2)C1. The number of aromatic nitrogens is 2. The van der Waals surface area contributed by atoms with Crippen LogP contribution in [-0.2, 0) is 11.8 Å². The highest BCUT2D eigenvalue weighted by molar-refractivity contribution is 6.00. The summed E-state index contributed by atoms with van der Waals surface area (Å²) in [6.45, 7) is 4.92. The molecule has 2 heterocycles. The van der Waals surface area contributed by atoms with Gasteiger partial charge in [-0.2, -0.15) is 5.10 Å². The molecule has 1 aromatic carbocycles. The maximum Gasteiger partial charge on any atom is 0.219 e. The molecule has 2 N–H and O–H groups in total. The lowest BCUT2D eigenvalue weighted by molar-refractivity contribution is -0.128. The number of hydrogen-bond donors (Lipinski definition) is 1. The smallest absolute Gasteiger partial charge is 0.219 e. The minimum atomic E-state index is 0.0682. The fourth-order valence-corrected chi connectivity index (χ4v) is 2.93. The second-order valence-electron chi connectivity index (χ2n) is 6.40. The van der Waals surface area contributed by atoms with Gasteiger partial charge in [-0.15, -0.1) is 0 Å². The Balaban J connectivity index is 1.81. The molecule has 0 saturated carbocycles. The summed E-state index contributed by atoms with van der Waals surface area (Å²) in [5.41, 5.74) is 11.3. The molecule has 25 heavy (non-hydrogen) atoms. The van der Waals surface area contributed by atoms with Gasteiger partial charge in [-0.1, -0.05) is 17.7 Å². The average molecular weight is 337 g/mol. The summed E-state index contributed by atoms with van der Waals surface area (Å²) < 4.78 is 1.78. The highest BCUT2D eigenvalue weighted by Crippen LogP contribution is 2.24. The Kier molecular flexibility index (Phi) is 4.70. The van der Waals surface area contributed by atoms with E-state index in [2.05, 4.69) is 17.0 Å². The molecule has 6 heteroatoms. The van der Waals surface area contributed by atoms with Crippen molar-refractivity contribution in [3.05, 3.63) is 47.8 Å². The number of rotatable bonds is 3. The van der Waals surface area contributed by atoms with Gasteiger partial charge in [0, 0.05) is 44.4 Å². The summed E-state index contributed by atoms with van der Waals surface area (Å²) >= 11 is 0. The van der Waals surface area contributed by atoms with Crippen molar-refractivity contribution in [3.8, 4) is 11.1 Å². The highest BCUT2D eigenvalue weighted by atomic mass is 16.2. The van der Waals surface area contributed by atoms with Gasteiger partial charge in [0.2, 0.25) is 5.91 Å². The molecule has 130 valence electrons. The van der Waals surface area contributed by atoms with Crippen molar-refractivity contribution < 1.29 is 4.79 Å². The van der Waals surface area contributed by atoms with E-state index < -0.39 is 0 Å². The van der Waals surface area contributed by atoms with E-state index >= 15 is 0 Å². The molecule has 0 unspecified atom stereocenters. The van der Waals surface area contributed by atoms with Crippen LogP contribution in [0, 0.1) is 0 Å². The number of amidine groups is 1. The molecule has 0 bridgehead atoms. The molecule has 1 aliphatic rings. The van der Waals surface area contributed by atoms with E-state index in [9.17, 15) is 4.79 Å². The molecule has 0 fully saturated rings. The Bertz CT molecular complexity index is 845. The van der Waals surface area contributed by atoms with Crippen LogP contribution in [0.5, 0.6) is 0 Å².